The van der Waals surface area contributed by atoms with Crippen molar-refractivity contribution in [1.82, 2.24) is 19.1 Å². The number of piperazine rings is 1. The number of hydrogen-bond donors (Lipinski definition) is 0. The van der Waals surface area contributed by atoms with E-state index in [9.17, 15) is 13.2 Å². The highest BCUT2D eigenvalue weighted by Crippen LogP contribution is 2.23. The van der Waals surface area contributed by atoms with Crippen LogP contribution in [0.1, 0.15) is 42.4 Å². The smallest absolute Gasteiger partial charge is 0.253 e. The Hall–Kier alpha value is -2.95. The van der Waals surface area contributed by atoms with Crippen LogP contribution >= 0.6 is 0 Å². The summed E-state index contributed by atoms with van der Waals surface area (Å²) >= 11 is 0. The fourth-order valence-electron chi connectivity index (χ4n) is 4.80. The van der Waals surface area contributed by atoms with E-state index in [4.69, 9.17) is 9.15 Å². The summed E-state index contributed by atoms with van der Waals surface area (Å²) in [5.41, 5.74) is 1.96. The first kappa shape index (κ1) is 24.7. The maximum absolute atomic E-state index is 13.0. The van der Waals surface area contributed by atoms with Crippen molar-refractivity contribution in [3.63, 3.8) is 0 Å². The number of sulfonamides is 1. The summed E-state index contributed by atoms with van der Waals surface area (Å²) in [6, 6.07) is 12.0. The topological polar surface area (TPSA) is 96.2 Å². The van der Waals surface area contributed by atoms with Gasteiger partial charge in [0.2, 0.25) is 15.9 Å². The van der Waals surface area contributed by atoms with E-state index >= 15 is 0 Å². The number of benzene rings is 2. The number of oxazole rings is 1. The lowest BCUT2D eigenvalue weighted by Crippen LogP contribution is -2.48. The second-order valence-corrected chi connectivity index (χ2v) is 11.2. The van der Waals surface area contributed by atoms with Crippen LogP contribution in [0.4, 0.5) is 0 Å². The zero-order chi connectivity index (χ0) is 25.1. The number of ether oxygens (including phenoxy) is 1. The Morgan fingerprint density at radius 2 is 1.69 bits per heavy atom. The lowest BCUT2D eigenvalue weighted by Gasteiger charge is -2.33. The van der Waals surface area contributed by atoms with E-state index in [1.165, 1.54) is 10.7 Å². The van der Waals surface area contributed by atoms with Gasteiger partial charge in [-0.25, -0.2) is 13.4 Å². The number of aromatic nitrogens is 1. The van der Waals surface area contributed by atoms with E-state index < -0.39 is 10.0 Å². The summed E-state index contributed by atoms with van der Waals surface area (Å²) in [5, 5.41) is 0. The van der Waals surface area contributed by atoms with E-state index in [1.807, 2.05) is 17.9 Å². The number of nitrogens with zero attached hydrogens (tertiary/aromatic N) is 4. The van der Waals surface area contributed by atoms with Gasteiger partial charge in [-0.1, -0.05) is 0 Å². The van der Waals surface area contributed by atoms with Crippen LogP contribution in [0.5, 0.6) is 5.75 Å². The van der Waals surface area contributed by atoms with Crippen LogP contribution in [0.3, 0.4) is 0 Å². The van der Waals surface area contributed by atoms with Gasteiger partial charge in [0.25, 0.3) is 5.91 Å². The molecule has 1 aromatic heterocycles. The fraction of sp³-hybridized carbons (Fsp3) is 0.462. The third-order valence-electron chi connectivity index (χ3n) is 6.78. The van der Waals surface area contributed by atoms with Gasteiger partial charge in [0.15, 0.2) is 5.58 Å². The van der Waals surface area contributed by atoms with Crippen molar-refractivity contribution in [2.45, 2.75) is 37.6 Å². The van der Waals surface area contributed by atoms with Crippen molar-refractivity contribution in [3.05, 3.63) is 53.9 Å². The molecule has 0 saturated carbocycles. The maximum Gasteiger partial charge on any atom is 0.253 e. The molecule has 0 N–H and O–H groups in total. The zero-order valence-corrected chi connectivity index (χ0v) is 21.4. The number of likely N-dealkylation sites (tertiary alicyclic amines) is 1. The number of amides is 1. The molecule has 0 bridgehead atoms. The van der Waals surface area contributed by atoms with E-state index in [2.05, 4.69) is 9.88 Å². The quantitative estimate of drug-likeness (QED) is 0.479. The molecule has 2 aromatic carbocycles. The molecule has 0 aliphatic carbocycles. The third-order valence-corrected chi connectivity index (χ3v) is 8.70. The predicted molar refractivity (Wildman–Crippen MR) is 135 cm³/mol. The Kier molecular flexibility index (Phi) is 7.27. The van der Waals surface area contributed by atoms with Gasteiger partial charge < -0.3 is 14.1 Å². The van der Waals surface area contributed by atoms with E-state index in [1.54, 1.807) is 36.4 Å². The molecule has 0 radical (unpaired) electrons. The van der Waals surface area contributed by atoms with Crippen LogP contribution in [0.2, 0.25) is 0 Å². The molecule has 0 spiro atoms. The summed E-state index contributed by atoms with van der Waals surface area (Å²) in [6.07, 6.45) is 3.28. The van der Waals surface area contributed by atoms with Gasteiger partial charge >= 0.3 is 0 Å². The lowest BCUT2D eigenvalue weighted by atomic mass is 10.1. The summed E-state index contributed by atoms with van der Waals surface area (Å²) in [7, 11) is -3.56. The van der Waals surface area contributed by atoms with Gasteiger partial charge in [-0.15, -0.1) is 0 Å². The number of rotatable bonds is 7. The number of carbonyl (C=O) groups is 1. The van der Waals surface area contributed by atoms with Crippen LogP contribution in [-0.2, 0) is 16.6 Å². The third kappa shape index (κ3) is 5.25. The van der Waals surface area contributed by atoms with Crippen LogP contribution in [0, 0.1) is 0 Å². The minimum atomic E-state index is -3.56. The Morgan fingerprint density at radius 3 is 2.39 bits per heavy atom. The van der Waals surface area contributed by atoms with E-state index in [0.717, 1.165) is 25.9 Å². The number of fused-ring (bicyclic) bond motifs is 1. The highest BCUT2D eigenvalue weighted by Gasteiger charge is 2.29. The minimum absolute atomic E-state index is 0.0472. The maximum atomic E-state index is 13.0. The van der Waals surface area contributed by atoms with Gasteiger partial charge in [-0.2, -0.15) is 4.31 Å². The van der Waals surface area contributed by atoms with Gasteiger partial charge in [-0.05, 0) is 68.7 Å². The first-order valence-electron chi connectivity index (χ1n) is 12.6. The monoisotopic (exact) mass is 512 g/mol. The van der Waals surface area contributed by atoms with Crippen LogP contribution in [0.25, 0.3) is 11.1 Å². The second-order valence-electron chi connectivity index (χ2n) is 9.23. The Balaban J connectivity index is 1.20. The molecule has 3 aromatic rings. The van der Waals surface area contributed by atoms with Gasteiger partial charge in [-0.3, -0.25) is 9.69 Å². The number of piperidine rings is 1. The fourth-order valence-corrected chi connectivity index (χ4v) is 6.22. The average Bonchev–Trinajstić information content (AvgIpc) is 3.31. The van der Waals surface area contributed by atoms with Gasteiger partial charge in [0, 0.05) is 44.8 Å². The summed E-state index contributed by atoms with van der Waals surface area (Å²) in [6.45, 7) is 6.46. The van der Waals surface area contributed by atoms with E-state index in [0.29, 0.717) is 67.6 Å². The molecule has 0 atom stereocenters. The molecule has 2 aliphatic rings. The van der Waals surface area contributed by atoms with Crippen molar-refractivity contribution < 1.29 is 22.4 Å². The average molecular weight is 513 g/mol. The Morgan fingerprint density at radius 1 is 0.972 bits per heavy atom. The SMILES string of the molecule is CCOc1ccc(S(=O)(=O)N2CCN(Cc3nc4cc(C(=O)N5CCCCC5)ccc4o3)CC2)cc1. The molecular formula is C26H32N4O5S. The molecule has 10 heteroatoms. The highest BCUT2D eigenvalue weighted by molar-refractivity contribution is 7.89. The molecule has 5 rings (SSSR count). The Labute approximate surface area is 211 Å². The number of carbonyl (C=O) groups excluding carboxylic acids is 1. The van der Waals surface area contributed by atoms with Crippen molar-refractivity contribution in [3.8, 4) is 5.75 Å². The minimum Gasteiger partial charge on any atom is -0.494 e. The normalized spacial score (nSPS) is 18.0. The molecular weight excluding hydrogens is 480 g/mol. The molecule has 1 amide bonds. The molecule has 9 nitrogen and oxygen atoms in total. The molecule has 2 saturated heterocycles. The summed E-state index contributed by atoms with van der Waals surface area (Å²) < 4.78 is 38.9. The predicted octanol–water partition coefficient (Wildman–Crippen LogP) is 3.36. The van der Waals surface area contributed by atoms with E-state index in [-0.39, 0.29) is 10.8 Å². The number of hydrogen-bond acceptors (Lipinski definition) is 7. The molecule has 2 aliphatic heterocycles. The first-order valence-corrected chi connectivity index (χ1v) is 14.0. The van der Waals surface area contributed by atoms with Crippen molar-refractivity contribution in [1.29, 1.82) is 0 Å². The van der Waals surface area contributed by atoms with Gasteiger partial charge in [0.05, 0.1) is 18.0 Å². The van der Waals surface area contributed by atoms with Crippen LogP contribution in [-0.4, -0.2) is 79.3 Å². The molecule has 0 unspecified atom stereocenters. The first-order chi connectivity index (χ1) is 17.4. The zero-order valence-electron chi connectivity index (χ0n) is 20.6. The lowest BCUT2D eigenvalue weighted by molar-refractivity contribution is 0.0724. The van der Waals surface area contributed by atoms with Gasteiger partial charge in [0.1, 0.15) is 11.3 Å². The highest BCUT2D eigenvalue weighted by atomic mass is 32.2. The molecule has 192 valence electrons. The van der Waals surface area contributed by atoms with Crippen molar-refractivity contribution in [2.75, 3.05) is 45.9 Å². The largest absolute Gasteiger partial charge is 0.494 e. The molecule has 36 heavy (non-hydrogen) atoms. The molecule has 2 fully saturated rings. The standard InChI is InChI=1S/C26H32N4O5S/c1-2-34-21-7-9-22(10-8-21)36(32,33)30-16-14-28(15-17-30)19-25-27-23-18-20(6-11-24(23)35-25)26(31)29-12-4-3-5-13-29/h6-11,18H,2-5,12-17,19H2,1H3. The van der Waals surface area contributed by atoms with Crippen LogP contribution in [0.15, 0.2) is 51.8 Å². The Bertz CT molecular complexity index is 1310. The second kappa shape index (κ2) is 10.6. The molecule has 3 heterocycles. The van der Waals surface area contributed by atoms with Crippen LogP contribution < -0.4 is 4.74 Å². The summed E-state index contributed by atoms with van der Waals surface area (Å²) in [4.78, 5) is 21.8. The van der Waals surface area contributed by atoms with Crippen molar-refractivity contribution in [2.24, 2.45) is 0 Å². The van der Waals surface area contributed by atoms with Crippen molar-refractivity contribution >= 4 is 27.0 Å². The summed E-state index contributed by atoms with van der Waals surface area (Å²) in [5.74, 6) is 1.27.